The van der Waals surface area contributed by atoms with Crippen molar-refractivity contribution in [2.75, 3.05) is 6.61 Å². The Kier molecular flexibility index (Phi) is 4.77. The zero-order valence-electron chi connectivity index (χ0n) is 15.3. The number of hydrogen-bond donors (Lipinski definition) is 2. The van der Waals surface area contributed by atoms with E-state index >= 15 is 0 Å². The number of hydrogen-bond acceptors (Lipinski definition) is 5. The molecule has 0 bridgehead atoms. The van der Waals surface area contributed by atoms with E-state index in [4.69, 9.17) is 10.5 Å². The van der Waals surface area contributed by atoms with Gasteiger partial charge in [0.05, 0.1) is 18.3 Å². The van der Waals surface area contributed by atoms with Gasteiger partial charge in [-0.05, 0) is 37.0 Å². The van der Waals surface area contributed by atoms with Crippen molar-refractivity contribution in [3.63, 3.8) is 0 Å². The predicted octanol–water partition coefficient (Wildman–Crippen LogP) is 1.93. The number of ether oxygens (including phenoxy) is 1. The average Bonchev–Trinajstić information content (AvgIpc) is 3.35. The summed E-state index contributed by atoms with van der Waals surface area (Å²) in [6.07, 6.45) is 12.2. The van der Waals surface area contributed by atoms with Gasteiger partial charge in [-0.2, -0.15) is 5.10 Å². The molecule has 0 aromatic carbocycles. The number of allylic oxidation sites excluding steroid dienone is 2. The minimum absolute atomic E-state index is 0.144. The second-order valence-electron chi connectivity index (χ2n) is 6.97. The van der Waals surface area contributed by atoms with Gasteiger partial charge in [-0.15, -0.1) is 0 Å². The van der Waals surface area contributed by atoms with Gasteiger partial charge in [0.1, 0.15) is 5.69 Å². The summed E-state index contributed by atoms with van der Waals surface area (Å²) >= 11 is 0. The third-order valence-corrected chi connectivity index (χ3v) is 5.01. The van der Waals surface area contributed by atoms with Gasteiger partial charge in [0.2, 0.25) is 0 Å². The zero-order chi connectivity index (χ0) is 18.8. The minimum atomic E-state index is -0.235. The van der Waals surface area contributed by atoms with Crippen molar-refractivity contribution >= 4 is 5.91 Å². The summed E-state index contributed by atoms with van der Waals surface area (Å²) in [5.74, 6) is -0.234. The van der Waals surface area contributed by atoms with Gasteiger partial charge in [-0.1, -0.05) is 12.1 Å². The van der Waals surface area contributed by atoms with Crippen LogP contribution in [0.5, 0.6) is 0 Å². The van der Waals surface area contributed by atoms with E-state index in [1.807, 2.05) is 31.5 Å². The maximum Gasteiger partial charge on any atom is 0.270 e. The number of pyridine rings is 1. The quantitative estimate of drug-likeness (QED) is 0.863. The molecule has 7 nitrogen and oxygen atoms in total. The van der Waals surface area contributed by atoms with Crippen LogP contribution in [0.1, 0.15) is 29.8 Å². The van der Waals surface area contributed by atoms with Crippen molar-refractivity contribution in [3.05, 3.63) is 59.8 Å². The molecule has 2 unspecified atom stereocenters. The molecule has 140 valence electrons. The van der Waals surface area contributed by atoms with E-state index in [0.29, 0.717) is 17.8 Å². The Balaban J connectivity index is 1.42. The van der Waals surface area contributed by atoms with Crippen LogP contribution in [0.2, 0.25) is 0 Å². The summed E-state index contributed by atoms with van der Waals surface area (Å²) in [6, 6.07) is 3.36. The summed E-state index contributed by atoms with van der Waals surface area (Å²) < 4.78 is 7.48. The van der Waals surface area contributed by atoms with Crippen LogP contribution in [0.25, 0.3) is 11.1 Å². The van der Waals surface area contributed by atoms with E-state index in [0.717, 1.165) is 30.6 Å². The maximum atomic E-state index is 12.6. The number of carbonyl (C=O) groups is 1. The number of aromatic nitrogens is 3. The first kappa shape index (κ1) is 17.5. The lowest BCUT2D eigenvalue weighted by Gasteiger charge is -2.26. The fourth-order valence-corrected chi connectivity index (χ4v) is 3.49. The second kappa shape index (κ2) is 7.36. The molecular formula is C20H23N5O2. The molecule has 0 spiro atoms. The van der Waals surface area contributed by atoms with Crippen molar-refractivity contribution in [1.29, 1.82) is 0 Å². The van der Waals surface area contributed by atoms with Crippen molar-refractivity contribution < 1.29 is 9.53 Å². The lowest BCUT2D eigenvalue weighted by atomic mass is 9.92. The van der Waals surface area contributed by atoms with Crippen LogP contribution in [0.4, 0.5) is 0 Å². The van der Waals surface area contributed by atoms with Crippen molar-refractivity contribution in [3.8, 4) is 11.1 Å². The summed E-state index contributed by atoms with van der Waals surface area (Å²) in [5, 5.41) is 7.14. The third kappa shape index (κ3) is 3.78. The monoisotopic (exact) mass is 365 g/mol. The highest BCUT2D eigenvalue weighted by Crippen LogP contribution is 2.27. The van der Waals surface area contributed by atoms with Crippen LogP contribution < -0.4 is 11.1 Å². The summed E-state index contributed by atoms with van der Waals surface area (Å²) in [6.45, 7) is 0.797. The standard InChI is InChI=1S/C20H23N5O2/c1-25-12-15(11-23-25)14-5-7-17(22-10-14)20(26)24-18-9-13(4-6-16(18)21)19-3-2-8-27-19/h4-7,10-12,18-19H,2-3,8-9,21H2,1H3,(H,24,26). The van der Waals surface area contributed by atoms with E-state index < -0.39 is 0 Å². The Morgan fingerprint density at radius 1 is 1.30 bits per heavy atom. The molecule has 1 amide bonds. The predicted molar refractivity (Wildman–Crippen MR) is 102 cm³/mol. The molecule has 4 rings (SSSR count). The van der Waals surface area contributed by atoms with Crippen LogP contribution in [-0.2, 0) is 11.8 Å². The fourth-order valence-electron chi connectivity index (χ4n) is 3.49. The van der Waals surface area contributed by atoms with Crippen LogP contribution in [0.15, 0.2) is 54.1 Å². The van der Waals surface area contributed by atoms with Crippen molar-refractivity contribution in [1.82, 2.24) is 20.1 Å². The molecule has 0 radical (unpaired) electrons. The van der Waals surface area contributed by atoms with E-state index in [1.54, 1.807) is 23.1 Å². The molecule has 1 saturated heterocycles. The SMILES string of the molecule is Cn1cc(-c2ccc(C(=O)NC3CC(C4CCCO4)=CC=C3N)nc2)cn1. The van der Waals surface area contributed by atoms with Gasteiger partial charge in [0, 0.05) is 42.9 Å². The lowest BCUT2D eigenvalue weighted by Crippen LogP contribution is -2.41. The minimum Gasteiger partial charge on any atom is -0.400 e. The lowest BCUT2D eigenvalue weighted by molar-refractivity contribution is 0.0932. The van der Waals surface area contributed by atoms with Gasteiger partial charge >= 0.3 is 0 Å². The Morgan fingerprint density at radius 2 is 2.19 bits per heavy atom. The molecule has 2 aliphatic rings. The highest BCUT2D eigenvalue weighted by atomic mass is 16.5. The summed E-state index contributed by atoms with van der Waals surface area (Å²) in [7, 11) is 1.86. The Bertz CT molecular complexity index is 891. The van der Waals surface area contributed by atoms with E-state index in [2.05, 4.69) is 15.4 Å². The fraction of sp³-hybridized carbons (Fsp3) is 0.350. The number of aryl methyl sites for hydroxylation is 1. The molecule has 3 N–H and O–H groups in total. The number of carbonyl (C=O) groups excluding carboxylic acids is 1. The first-order valence-corrected chi connectivity index (χ1v) is 9.14. The number of nitrogens with one attached hydrogen (secondary N) is 1. The summed E-state index contributed by atoms with van der Waals surface area (Å²) in [5.41, 5.74) is 10.2. The van der Waals surface area contributed by atoms with E-state index in [9.17, 15) is 4.79 Å². The van der Waals surface area contributed by atoms with Gasteiger partial charge in [0.15, 0.2) is 0 Å². The van der Waals surface area contributed by atoms with Gasteiger partial charge < -0.3 is 15.8 Å². The molecule has 2 aromatic rings. The molecule has 2 aromatic heterocycles. The number of rotatable bonds is 4. The second-order valence-corrected chi connectivity index (χ2v) is 6.97. The maximum absolute atomic E-state index is 12.6. The Labute approximate surface area is 157 Å². The Morgan fingerprint density at radius 3 is 2.85 bits per heavy atom. The molecule has 0 saturated carbocycles. The average molecular weight is 365 g/mol. The molecule has 1 fully saturated rings. The normalized spacial score (nSPS) is 22.3. The number of amides is 1. The Hall–Kier alpha value is -2.93. The van der Waals surface area contributed by atoms with Crippen LogP contribution in [-0.4, -0.2) is 39.4 Å². The highest BCUT2D eigenvalue weighted by Gasteiger charge is 2.27. The molecular weight excluding hydrogens is 342 g/mol. The first-order chi connectivity index (χ1) is 13.1. The topological polar surface area (TPSA) is 95.1 Å². The van der Waals surface area contributed by atoms with Crippen molar-refractivity contribution in [2.45, 2.75) is 31.4 Å². The van der Waals surface area contributed by atoms with Gasteiger partial charge in [-0.25, -0.2) is 0 Å². The molecule has 2 atom stereocenters. The zero-order valence-corrected chi connectivity index (χ0v) is 15.3. The highest BCUT2D eigenvalue weighted by molar-refractivity contribution is 5.93. The van der Waals surface area contributed by atoms with Crippen molar-refractivity contribution in [2.24, 2.45) is 12.8 Å². The van der Waals surface area contributed by atoms with E-state index in [1.165, 1.54) is 5.57 Å². The molecule has 3 heterocycles. The molecule has 1 aliphatic heterocycles. The number of nitrogens with two attached hydrogens (primary N) is 1. The largest absolute Gasteiger partial charge is 0.400 e. The number of nitrogens with zero attached hydrogens (tertiary/aromatic N) is 3. The van der Waals surface area contributed by atoms with E-state index in [-0.39, 0.29) is 18.1 Å². The van der Waals surface area contributed by atoms with Crippen LogP contribution in [0, 0.1) is 0 Å². The van der Waals surface area contributed by atoms with Crippen LogP contribution >= 0.6 is 0 Å². The molecule has 7 heteroatoms. The smallest absolute Gasteiger partial charge is 0.270 e. The molecule has 27 heavy (non-hydrogen) atoms. The van der Waals surface area contributed by atoms with Gasteiger partial charge in [0.25, 0.3) is 5.91 Å². The van der Waals surface area contributed by atoms with Gasteiger partial charge in [-0.3, -0.25) is 14.5 Å². The van der Waals surface area contributed by atoms with Crippen LogP contribution in [0.3, 0.4) is 0 Å². The summed E-state index contributed by atoms with van der Waals surface area (Å²) in [4.78, 5) is 16.9. The first-order valence-electron chi connectivity index (χ1n) is 9.14. The molecule has 1 aliphatic carbocycles. The third-order valence-electron chi connectivity index (χ3n) is 5.01.